The lowest BCUT2D eigenvalue weighted by atomic mass is 10.1. The molecule has 0 saturated heterocycles. The van der Waals surface area contributed by atoms with Crippen LogP contribution in [0.5, 0.6) is 0 Å². The zero-order valence-electron chi connectivity index (χ0n) is 30.4. The van der Waals surface area contributed by atoms with Gasteiger partial charge in [0.15, 0.2) is 21.4 Å². The highest BCUT2D eigenvalue weighted by atomic mass is 31.2. The maximum Gasteiger partial charge on any atom is 0.172 e. The molecule has 270 valence electrons. The summed E-state index contributed by atoms with van der Waals surface area (Å²) in [7, 11) is -10.4. The van der Waals surface area contributed by atoms with Gasteiger partial charge in [-0.1, -0.05) is 200 Å². The van der Waals surface area contributed by atoms with Crippen molar-refractivity contribution >= 4 is 90.7 Å². The maximum absolute atomic E-state index is 16.7. The standard InChI is InChI=1S/C50H37O3P3/c51-54(38-20-6-1-7-21-38,39-22-8-2-9-23-39)47-34-36-49(45-32-18-16-30-43(45)47)56(53,42-28-14-5-15-29-42)50-37-35-48(44-31-17-19-33-46(44)50)55(52,40-24-10-3-11-25-40)41-26-12-4-13-27-41/h1-37H. The van der Waals surface area contributed by atoms with Crippen LogP contribution in [-0.2, 0) is 13.7 Å². The fourth-order valence-corrected chi connectivity index (χ4v) is 16.8. The molecule has 0 fully saturated rings. The highest BCUT2D eigenvalue weighted by Crippen LogP contribution is 2.50. The van der Waals surface area contributed by atoms with Crippen molar-refractivity contribution in [2.24, 2.45) is 0 Å². The summed E-state index contributed by atoms with van der Waals surface area (Å²) in [4.78, 5) is 0. The Morgan fingerprint density at radius 2 is 0.375 bits per heavy atom. The average Bonchev–Trinajstić information content (AvgIpc) is 3.29. The monoisotopic (exact) mass is 778 g/mol. The van der Waals surface area contributed by atoms with Crippen molar-refractivity contribution in [3.05, 3.63) is 224 Å². The van der Waals surface area contributed by atoms with E-state index in [1.807, 2.05) is 224 Å². The molecule has 0 amide bonds. The van der Waals surface area contributed by atoms with Crippen LogP contribution in [0.4, 0.5) is 0 Å². The molecular weight excluding hydrogens is 741 g/mol. The van der Waals surface area contributed by atoms with Crippen LogP contribution in [0.1, 0.15) is 0 Å². The minimum Gasteiger partial charge on any atom is -0.309 e. The quantitative estimate of drug-likeness (QED) is 0.138. The summed E-state index contributed by atoms with van der Waals surface area (Å²) in [6, 6.07) is 71.8. The van der Waals surface area contributed by atoms with E-state index in [1.165, 1.54) is 0 Å². The lowest BCUT2D eigenvalue weighted by molar-refractivity contribution is 0.591. The van der Waals surface area contributed by atoms with Gasteiger partial charge in [0.1, 0.15) is 0 Å². The van der Waals surface area contributed by atoms with Crippen LogP contribution in [0, 0.1) is 0 Å². The summed E-state index contributed by atoms with van der Waals surface area (Å²) in [5.41, 5.74) is 0. The Labute approximate surface area is 327 Å². The van der Waals surface area contributed by atoms with Crippen molar-refractivity contribution < 1.29 is 13.7 Å². The van der Waals surface area contributed by atoms with Gasteiger partial charge in [0.2, 0.25) is 0 Å². The summed E-state index contributed by atoms with van der Waals surface area (Å²) in [6.45, 7) is 0. The van der Waals surface area contributed by atoms with E-state index in [9.17, 15) is 0 Å². The van der Waals surface area contributed by atoms with Crippen molar-refractivity contribution in [1.82, 2.24) is 0 Å². The van der Waals surface area contributed by atoms with E-state index in [4.69, 9.17) is 0 Å². The Morgan fingerprint density at radius 1 is 0.196 bits per heavy atom. The number of hydrogen-bond acceptors (Lipinski definition) is 3. The second kappa shape index (κ2) is 14.7. The van der Waals surface area contributed by atoms with E-state index in [-0.39, 0.29) is 0 Å². The van der Waals surface area contributed by atoms with Gasteiger partial charge in [-0.3, -0.25) is 0 Å². The van der Waals surface area contributed by atoms with Gasteiger partial charge in [-0.25, -0.2) is 0 Å². The molecule has 0 aliphatic heterocycles. The number of fused-ring (bicyclic) bond motifs is 2. The van der Waals surface area contributed by atoms with Gasteiger partial charge < -0.3 is 13.7 Å². The molecule has 0 heterocycles. The van der Waals surface area contributed by atoms with Crippen LogP contribution in [-0.4, -0.2) is 0 Å². The molecule has 0 aliphatic rings. The number of rotatable bonds is 9. The van der Waals surface area contributed by atoms with Gasteiger partial charge in [-0.2, -0.15) is 0 Å². The van der Waals surface area contributed by atoms with Crippen LogP contribution in [0.3, 0.4) is 0 Å². The molecule has 56 heavy (non-hydrogen) atoms. The predicted octanol–water partition coefficient (Wildman–Crippen LogP) is 8.91. The third kappa shape index (κ3) is 5.79. The minimum absolute atomic E-state index is 0.655. The first-order valence-electron chi connectivity index (χ1n) is 18.6. The smallest absolute Gasteiger partial charge is 0.172 e. The van der Waals surface area contributed by atoms with Crippen molar-refractivity contribution in [3.63, 3.8) is 0 Å². The second-order valence-corrected chi connectivity index (χ2v) is 22.0. The molecule has 0 aromatic heterocycles. The van der Waals surface area contributed by atoms with Gasteiger partial charge in [-0.15, -0.1) is 0 Å². The van der Waals surface area contributed by atoms with E-state index in [2.05, 4.69) is 0 Å². The average molecular weight is 779 g/mol. The Kier molecular flexibility index (Phi) is 9.41. The Morgan fingerprint density at radius 3 is 0.607 bits per heavy atom. The first-order valence-corrected chi connectivity index (χ1v) is 23.7. The normalized spacial score (nSPS) is 12.1. The second-order valence-electron chi connectivity index (χ2n) is 13.8. The lowest BCUT2D eigenvalue weighted by Gasteiger charge is -2.27. The summed E-state index contributed by atoms with van der Waals surface area (Å²) < 4.78 is 48.3. The van der Waals surface area contributed by atoms with Gasteiger partial charge >= 0.3 is 0 Å². The largest absolute Gasteiger partial charge is 0.309 e. The molecule has 9 aromatic rings. The van der Waals surface area contributed by atoms with E-state index in [1.54, 1.807) is 0 Å². The van der Waals surface area contributed by atoms with Crippen molar-refractivity contribution in [2.75, 3.05) is 0 Å². The van der Waals surface area contributed by atoms with Crippen LogP contribution in [0.15, 0.2) is 224 Å². The molecule has 0 N–H and O–H groups in total. The molecule has 6 heteroatoms. The first-order chi connectivity index (χ1) is 27.4. The Bertz CT molecular complexity index is 2720. The van der Waals surface area contributed by atoms with E-state index >= 15 is 13.7 Å². The molecule has 0 spiro atoms. The van der Waals surface area contributed by atoms with Crippen molar-refractivity contribution in [1.29, 1.82) is 0 Å². The molecule has 0 aliphatic carbocycles. The third-order valence-corrected chi connectivity index (χ3v) is 20.1. The third-order valence-electron chi connectivity index (χ3n) is 10.7. The van der Waals surface area contributed by atoms with Crippen LogP contribution in [0.2, 0.25) is 0 Å². The number of hydrogen-bond donors (Lipinski definition) is 0. The predicted molar refractivity (Wildman–Crippen MR) is 240 cm³/mol. The fourth-order valence-electron chi connectivity index (χ4n) is 8.08. The molecule has 0 bridgehead atoms. The molecule has 3 nitrogen and oxygen atoms in total. The molecule has 9 aromatic carbocycles. The van der Waals surface area contributed by atoms with Gasteiger partial charge in [0.25, 0.3) is 0 Å². The Hall–Kier alpha value is -5.81. The van der Waals surface area contributed by atoms with Crippen LogP contribution in [0.25, 0.3) is 21.5 Å². The number of benzene rings is 9. The highest BCUT2D eigenvalue weighted by Gasteiger charge is 2.38. The molecule has 0 radical (unpaired) electrons. The van der Waals surface area contributed by atoms with Gasteiger partial charge in [0.05, 0.1) is 0 Å². The molecular formula is C50H37O3P3. The summed E-state index contributed by atoms with van der Waals surface area (Å²) >= 11 is 0. The lowest BCUT2D eigenvalue weighted by Crippen LogP contribution is -2.31. The summed E-state index contributed by atoms with van der Waals surface area (Å²) in [5, 5.41) is 9.44. The van der Waals surface area contributed by atoms with Crippen molar-refractivity contribution in [2.45, 2.75) is 0 Å². The summed E-state index contributed by atoms with van der Waals surface area (Å²) in [5.74, 6) is 0. The highest BCUT2D eigenvalue weighted by molar-refractivity contribution is 7.87. The zero-order valence-corrected chi connectivity index (χ0v) is 33.1. The fraction of sp³-hybridized carbons (Fsp3) is 0. The Balaban J connectivity index is 1.34. The SMILES string of the molecule is O=P(c1ccccc1)(c1ccccc1)c1ccc(P(=O)(c2ccccc2)c2ccc(P(=O)(c3ccccc3)c3ccccc3)c3ccccc23)c2ccccc12. The van der Waals surface area contributed by atoms with Crippen LogP contribution >= 0.6 is 21.4 Å². The zero-order chi connectivity index (χ0) is 38.2. The maximum atomic E-state index is 16.7. The van der Waals surface area contributed by atoms with Crippen molar-refractivity contribution in [3.8, 4) is 0 Å². The molecule has 9 rings (SSSR count). The molecule has 0 saturated carbocycles. The summed E-state index contributed by atoms with van der Waals surface area (Å²) in [6.07, 6.45) is 0. The first kappa shape index (κ1) is 35.9. The van der Waals surface area contributed by atoms with Crippen LogP contribution < -0.4 is 47.7 Å². The van der Waals surface area contributed by atoms with E-state index in [0.29, 0.717) is 26.5 Å². The minimum atomic E-state index is -3.68. The van der Waals surface area contributed by atoms with E-state index in [0.717, 1.165) is 42.8 Å². The van der Waals surface area contributed by atoms with E-state index < -0.39 is 21.4 Å². The molecule has 0 unspecified atom stereocenters. The van der Waals surface area contributed by atoms with Gasteiger partial charge in [-0.05, 0) is 45.8 Å². The van der Waals surface area contributed by atoms with Gasteiger partial charge in [0, 0.05) is 47.7 Å². The topological polar surface area (TPSA) is 51.2 Å². The molecule has 0 atom stereocenters.